The van der Waals surface area contributed by atoms with Gasteiger partial charge in [0.2, 0.25) is 0 Å². The van der Waals surface area contributed by atoms with Crippen molar-refractivity contribution in [1.82, 2.24) is 13.7 Å². The van der Waals surface area contributed by atoms with E-state index in [1.165, 1.54) is 4.57 Å². The van der Waals surface area contributed by atoms with Crippen LogP contribution >= 0.6 is 11.3 Å². The topological polar surface area (TPSA) is 103 Å². The molecule has 9 heteroatoms. The average Bonchev–Trinajstić information content (AvgIpc) is 2.82. The van der Waals surface area contributed by atoms with E-state index in [1.807, 2.05) is 0 Å². The summed E-state index contributed by atoms with van der Waals surface area (Å²) < 4.78 is 4.12. The molecule has 24 heavy (non-hydrogen) atoms. The number of hydrogen-bond acceptors (Lipinski definition) is 5. The van der Waals surface area contributed by atoms with Gasteiger partial charge in [-0.05, 0) is 25.1 Å². The van der Waals surface area contributed by atoms with Crippen molar-refractivity contribution in [2.45, 2.75) is 13.5 Å². The van der Waals surface area contributed by atoms with E-state index < -0.39 is 22.8 Å². The molecule has 0 saturated carbocycles. The molecule has 124 valence electrons. The van der Waals surface area contributed by atoms with E-state index >= 15 is 0 Å². The molecule has 3 aromatic rings. The molecule has 0 saturated heterocycles. The van der Waals surface area contributed by atoms with Crippen molar-refractivity contribution in [1.29, 1.82) is 0 Å². The maximum Gasteiger partial charge on any atom is 0.342 e. The lowest BCUT2D eigenvalue weighted by Crippen LogP contribution is -2.41. The van der Waals surface area contributed by atoms with Gasteiger partial charge in [0.15, 0.2) is 0 Å². The SMILES string of the molecule is CCn1c(=O)c(C(=O)O)cn(-c2ccc3c(c2)sc(=O)n3C)c1=O. The highest BCUT2D eigenvalue weighted by Gasteiger charge is 2.17. The molecule has 1 aromatic carbocycles. The van der Waals surface area contributed by atoms with Crippen LogP contribution in [0.15, 0.2) is 38.8 Å². The summed E-state index contributed by atoms with van der Waals surface area (Å²) in [5, 5.41) is 9.19. The Hall–Kier alpha value is -2.94. The number of aryl methyl sites for hydroxylation is 1. The maximum atomic E-state index is 12.5. The van der Waals surface area contributed by atoms with Crippen molar-refractivity contribution in [2.24, 2.45) is 7.05 Å². The minimum absolute atomic E-state index is 0.0553. The summed E-state index contributed by atoms with van der Waals surface area (Å²) >= 11 is 1.02. The Kier molecular flexibility index (Phi) is 3.72. The van der Waals surface area contributed by atoms with Gasteiger partial charge in [0.05, 0.1) is 15.9 Å². The van der Waals surface area contributed by atoms with Crippen LogP contribution in [0.3, 0.4) is 0 Å². The van der Waals surface area contributed by atoms with E-state index in [-0.39, 0.29) is 11.4 Å². The summed E-state index contributed by atoms with van der Waals surface area (Å²) in [6.07, 6.45) is 1.02. The number of nitrogens with zero attached hydrogens (tertiary/aromatic N) is 3. The standard InChI is InChI=1S/C15H13N3O5S/c1-3-17-12(19)9(13(20)21)7-18(14(17)22)8-4-5-10-11(6-8)24-15(23)16(10)2/h4-7H,3H2,1-2H3,(H,20,21). The summed E-state index contributed by atoms with van der Waals surface area (Å²) in [5.74, 6) is -1.40. The molecule has 0 amide bonds. The van der Waals surface area contributed by atoms with Crippen LogP contribution in [-0.2, 0) is 13.6 Å². The predicted octanol–water partition coefficient (Wildman–Crippen LogP) is 0.631. The van der Waals surface area contributed by atoms with E-state index in [1.54, 1.807) is 32.2 Å². The first-order valence-electron chi connectivity index (χ1n) is 7.05. The van der Waals surface area contributed by atoms with Crippen molar-refractivity contribution >= 4 is 27.5 Å². The van der Waals surface area contributed by atoms with Crippen LogP contribution in [-0.4, -0.2) is 24.8 Å². The van der Waals surface area contributed by atoms with Crippen molar-refractivity contribution in [3.63, 3.8) is 0 Å². The van der Waals surface area contributed by atoms with Crippen LogP contribution in [0.2, 0.25) is 0 Å². The summed E-state index contributed by atoms with van der Waals surface area (Å²) in [4.78, 5) is 47.4. The van der Waals surface area contributed by atoms with Gasteiger partial charge in [0.1, 0.15) is 5.56 Å². The summed E-state index contributed by atoms with van der Waals surface area (Å²) in [7, 11) is 1.65. The highest BCUT2D eigenvalue weighted by Crippen LogP contribution is 2.19. The lowest BCUT2D eigenvalue weighted by atomic mass is 10.2. The number of carboxylic acids is 1. The molecule has 1 N–H and O–H groups in total. The number of hydrogen-bond donors (Lipinski definition) is 1. The molecule has 0 aliphatic rings. The Labute approximate surface area is 138 Å². The lowest BCUT2D eigenvalue weighted by molar-refractivity contribution is 0.0693. The van der Waals surface area contributed by atoms with Crippen LogP contribution in [0.4, 0.5) is 0 Å². The first kappa shape index (κ1) is 15.9. The largest absolute Gasteiger partial charge is 0.477 e. The first-order valence-corrected chi connectivity index (χ1v) is 7.86. The molecule has 8 nitrogen and oxygen atoms in total. The van der Waals surface area contributed by atoms with Gasteiger partial charge in [-0.1, -0.05) is 11.3 Å². The van der Waals surface area contributed by atoms with Crippen molar-refractivity contribution in [3.05, 3.63) is 60.5 Å². The minimum Gasteiger partial charge on any atom is -0.477 e. The number of rotatable bonds is 3. The molecule has 3 rings (SSSR count). The molecule has 0 aliphatic heterocycles. The highest BCUT2D eigenvalue weighted by molar-refractivity contribution is 7.16. The number of fused-ring (bicyclic) bond motifs is 1. The molecule has 0 radical (unpaired) electrons. The molecule has 0 fully saturated rings. The Morgan fingerprint density at radius 1 is 1.25 bits per heavy atom. The number of thiazole rings is 1. The Balaban J connectivity index is 2.35. The molecular weight excluding hydrogens is 334 g/mol. The Morgan fingerprint density at radius 2 is 1.96 bits per heavy atom. The molecule has 0 atom stereocenters. The maximum absolute atomic E-state index is 12.5. The molecule has 0 aliphatic carbocycles. The average molecular weight is 347 g/mol. The van der Waals surface area contributed by atoms with Gasteiger partial charge < -0.3 is 9.67 Å². The highest BCUT2D eigenvalue weighted by atomic mass is 32.1. The Bertz CT molecular complexity index is 1150. The molecule has 0 spiro atoms. The minimum atomic E-state index is -1.40. The fourth-order valence-corrected chi connectivity index (χ4v) is 3.40. The van der Waals surface area contributed by atoms with Crippen molar-refractivity contribution < 1.29 is 9.90 Å². The van der Waals surface area contributed by atoms with Gasteiger partial charge in [-0.3, -0.25) is 18.7 Å². The normalized spacial score (nSPS) is 11.1. The van der Waals surface area contributed by atoms with Crippen LogP contribution in [0, 0.1) is 0 Å². The van der Waals surface area contributed by atoms with E-state index in [0.29, 0.717) is 15.9 Å². The number of carboxylic acid groups (broad SMARTS) is 1. The fraction of sp³-hybridized carbons (Fsp3) is 0.200. The van der Waals surface area contributed by atoms with E-state index in [9.17, 15) is 24.3 Å². The van der Waals surface area contributed by atoms with Gasteiger partial charge in [-0.2, -0.15) is 0 Å². The predicted molar refractivity (Wildman–Crippen MR) is 89.6 cm³/mol. The summed E-state index contributed by atoms with van der Waals surface area (Å²) in [5.41, 5.74) is -0.854. The number of aromatic nitrogens is 3. The van der Waals surface area contributed by atoms with Crippen molar-refractivity contribution in [3.8, 4) is 5.69 Å². The van der Waals surface area contributed by atoms with Gasteiger partial charge in [0.25, 0.3) is 5.56 Å². The molecule has 2 heterocycles. The van der Waals surface area contributed by atoms with Gasteiger partial charge >= 0.3 is 16.5 Å². The second-order valence-electron chi connectivity index (χ2n) is 5.13. The second-order valence-corrected chi connectivity index (χ2v) is 6.12. The second kappa shape index (κ2) is 5.60. The quantitative estimate of drug-likeness (QED) is 0.748. The van der Waals surface area contributed by atoms with E-state index in [2.05, 4.69) is 0 Å². The van der Waals surface area contributed by atoms with Crippen LogP contribution in [0.1, 0.15) is 17.3 Å². The molecule has 0 unspecified atom stereocenters. The molecule has 0 bridgehead atoms. The van der Waals surface area contributed by atoms with Gasteiger partial charge in [-0.25, -0.2) is 9.59 Å². The third-order valence-electron chi connectivity index (χ3n) is 3.77. The van der Waals surface area contributed by atoms with Gasteiger partial charge in [-0.15, -0.1) is 0 Å². The third-order valence-corrected chi connectivity index (χ3v) is 4.77. The summed E-state index contributed by atoms with van der Waals surface area (Å²) in [6, 6.07) is 4.90. The van der Waals surface area contributed by atoms with Gasteiger partial charge in [0, 0.05) is 19.8 Å². The zero-order valence-corrected chi connectivity index (χ0v) is 13.7. The van der Waals surface area contributed by atoms with Crippen LogP contribution in [0.25, 0.3) is 15.9 Å². The third kappa shape index (κ3) is 2.29. The molecular formula is C15H13N3O5S. The fourth-order valence-electron chi connectivity index (χ4n) is 2.48. The first-order chi connectivity index (χ1) is 11.3. The zero-order chi connectivity index (χ0) is 17.6. The van der Waals surface area contributed by atoms with E-state index in [0.717, 1.165) is 26.7 Å². The smallest absolute Gasteiger partial charge is 0.342 e. The number of carbonyl (C=O) groups is 1. The van der Waals surface area contributed by atoms with Crippen molar-refractivity contribution in [2.75, 3.05) is 0 Å². The number of benzene rings is 1. The molecule has 2 aromatic heterocycles. The van der Waals surface area contributed by atoms with Crippen LogP contribution in [0.5, 0.6) is 0 Å². The Morgan fingerprint density at radius 3 is 2.58 bits per heavy atom. The monoisotopic (exact) mass is 347 g/mol. The van der Waals surface area contributed by atoms with E-state index in [4.69, 9.17) is 0 Å². The lowest BCUT2D eigenvalue weighted by Gasteiger charge is -2.10. The zero-order valence-electron chi connectivity index (χ0n) is 12.8. The summed E-state index contributed by atoms with van der Waals surface area (Å²) in [6.45, 7) is 1.64. The van der Waals surface area contributed by atoms with Crippen LogP contribution < -0.4 is 16.1 Å². The number of aromatic carboxylic acids is 1.